The first-order valence-corrected chi connectivity index (χ1v) is 7.33. The molecule has 0 spiro atoms. The Morgan fingerprint density at radius 2 is 2.15 bits per heavy atom. The first-order chi connectivity index (χ1) is 9.75. The zero-order valence-electron chi connectivity index (χ0n) is 10.9. The van der Waals surface area contributed by atoms with Gasteiger partial charge in [0, 0.05) is 17.2 Å². The summed E-state index contributed by atoms with van der Waals surface area (Å²) in [5.41, 5.74) is 1.70. The van der Waals surface area contributed by atoms with Crippen LogP contribution in [0.4, 0.5) is 0 Å². The Kier molecular flexibility index (Phi) is 3.89. The highest BCUT2D eigenvalue weighted by atomic mass is 79.9. The van der Waals surface area contributed by atoms with Crippen LogP contribution in [0, 0.1) is 0 Å². The van der Waals surface area contributed by atoms with E-state index in [0.717, 1.165) is 10.0 Å². The number of ether oxygens (including phenoxy) is 1. The van der Waals surface area contributed by atoms with Crippen LogP contribution in [0.3, 0.4) is 0 Å². The fourth-order valence-electron chi connectivity index (χ4n) is 2.39. The molecule has 1 aliphatic rings. The molecule has 104 valence electrons. The van der Waals surface area contributed by atoms with E-state index < -0.39 is 0 Å². The van der Waals surface area contributed by atoms with E-state index in [1.807, 2.05) is 35.2 Å². The van der Waals surface area contributed by atoms with Crippen LogP contribution < -0.4 is 0 Å². The number of rotatable bonds is 2. The lowest BCUT2D eigenvalue weighted by Crippen LogP contribution is -2.42. The molecule has 1 aliphatic heterocycles. The number of amides is 1. The lowest BCUT2D eigenvalue weighted by Gasteiger charge is -2.33. The molecule has 1 atom stereocenters. The summed E-state index contributed by atoms with van der Waals surface area (Å²) in [6.45, 7) is 1.75. The fraction of sp³-hybridized carbons (Fsp3) is 0.267. The van der Waals surface area contributed by atoms with Crippen LogP contribution in [0.1, 0.15) is 22.2 Å². The summed E-state index contributed by atoms with van der Waals surface area (Å²) >= 11 is 3.54. The molecule has 20 heavy (non-hydrogen) atoms. The van der Waals surface area contributed by atoms with Crippen molar-refractivity contribution >= 4 is 21.8 Å². The Bertz CT molecular complexity index is 598. The first kappa shape index (κ1) is 13.4. The average Bonchev–Trinajstić information content (AvgIpc) is 3.01. The van der Waals surface area contributed by atoms with E-state index in [1.165, 1.54) is 0 Å². The molecular formula is C15H15BrN2O2. The number of halogens is 1. The van der Waals surface area contributed by atoms with Gasteiger partial charge in [0.1, 0.15) is 11.8 Å². The molecule has 2 aromatic rings. The minimum Gasteiger partial charge on any atom is -0.370 e. The first-order valence-electron chi connectivity index (χ1n) is 6.54. The molecule has 0 unspecified atom stereocenters. The van der Waals surface area contributed by atoms with Crippen molar-refractivity contribution in [3.8, 4) is 0 Å². The van der Waals surface area contributed by atoms with Crippen LogP contribution in [0.2, 0.25) is 0 Å². The molecule has 3 rings (SSSR count). The second-order valence-electron chi connectivity index (χ2n) is 4.72. The van der Waals surface area contributed by atoms with Gasteiger partial charge in [0.2, 0.25) is 0 Å². The van der Waals surface area contributed by atoms with E-state index in [-0.39, 0.29) is 12.0 Å². The highest BCUT2D eigenvalue weighted by Gasteiger charge is 2.27. The highest BCUT2D eigenvalue weighted by molar-refractivity contribution is 9.10. The number of benzene rings is 1. The largest absolute Gasteiger partial charge is 0.370 e. The summed E-state index contributed by atoms with van der Waals surface area (Å²) in [6.07, 6.45) is 1.68. The van der Waals surface area contributed by atoms with Crippen molar-refractivity contribution < 1.29 is 9.53 Å². The maximum atomic E-state index is 12.4. The van der Waals surface area contributed by atoms with Crippen LogP contribution in [-0.4, -0.2) is 35.5 Å². The van der Waals surface area contributed by atoms with Gasteiger partial charge < -0.3 is 14.6 Å². The van der Waals surface area contributed by atoms with Crippen molar-refractivity contribution in [3.05, 3.63) is 58.3 Å². The molecule has 1 saturated heterocycles. The topological polar surface area (TPSA) is 45.3 Å². The van der Waals surface area contributed by atoms with Gasteiger partial charge in [-0.15, -0.1) is 0 Å². The summed E-state index contributed by atoms with van der Waals surface area (Å²) < 4.78 is 6.82. The number of hydrogen-bond donors (Lipinski definition) is 1. The molecule has 2 heterocycles. The summed E-state index contributed by atoms with van der Waals surface area (Å²) in [5, 5.41) is 0. The molecule has 1 fully saturated rings. The smallest absolute Gasteiger partial charge is 0.270 e. The van der Waals surface area contributed by atoms with Gasteiger partial charge in [-0.3, -0.25) is 4.79 Å². The van der Waals surface area contributed by atoms with Gasteiger partial charge in [-0.25, -0.2) is 0 Å². The molecule has 4 nitrogen and oxygen atoms in total. The van der Waals surface area contributed by atoms with E-state index in [2.05, 4.69) is 20.9 Å². The normalized spacial score (nSPS) is 19.1. The number of carbonyl (C=O) groups is 1. The molecule has 0 bridgehead atoms. The molecule has 1 amide bonds. The van der Waals surface area contributed by atoms with Crippen LogP contribution in [0.5, 0.6) is 0 Å². The van der Waals surface area contributed by atoms with Crippen molar-refractivity contribution in [2.75, 3.05) is 19.7 Å². The summed E-state index contributed by atoms with van der Waals surface area (Å²) in [5.74, 6) is 0.0235. The van der Waals surface area contributed by atoms with Crippen molar-refractivity contribution in [2.24, 2.45) is 0 Å². The second-order valence-corrected chi connectivity index (χ2v) is 5.57. The van der Waals surface area contributed by atoms with E-state index in [4.69, 9.17) is 4.74 Å². The number of morpholine rings is 1. The lowest BCUT2D eigenvalue weighted by atomic mass is 10.1. The van der Waals surface area contributed by atoms with Gasteiger partial charge in [0.15, 0.2) is 0 Å². The van der Waals surface area contributed by atoms with Gasteiger partial charge in [-0.1, -0.05) is 34.1 Å². The SMILES string of the molecule is O=C(c1ccc[nH]1)N1CCO[C@H](c2ccccc2Br)C1. The summed E-state index contributed by atoms with van der Waals surface area (Å²) in [7, 11) is 0. The third kappa shape index (κ3) is 2.64. The highest BCUT2D eigenvalue weighted by Crippen LogP contribution is 2.28. The minimum atomic E-state index is -0.0850. The van der Waals surface area contributed by atoms with E-state index in [1.54, 1.807) is 12.3 Å². The summed E-state index contributed by atoms with van der Waals surface area (Å²) in [6, 6.07) is 11.6. The number of H-pyrrole nitrogens is 1. The van der Waals surface area contributed by atoms with E-state index in [9.17, 15) is 4.79 Å². The average molecular weight is 335 g/mol. The number of carbonyl (C=O) groups excluding carboxylic acids is 1. The summed E-state index contributed by atoms with van der Waals surface area (Å²) in [4.78, 5) is 17.1. The Balaban J connectivity index is 1.77. The third-order valence-corrected chi connectivity index (χ3v) is 4.16. The van der Waals surface area contributed by atoms with Crippen LogP contribution >= 0.6 is 15.9 Å². The molecule has 1 aromatic carbocycles. The minimum absolute atomic E-state index is 0.0235. The fourth-order valence-corrected chi connectivity index (χ4v) is 2.93. The van der Waals surface area contributed by atoms with Crippen molar-refractivity contribution in [1.82, 2.24) is 9.88 Å². The Morgan fingerprint density at radius 3 is 2.90 bits per heavy atom. The Morgan fingerprint density at radius 1 is 1.30 bits per heavy atom. The van der Waals surface area contributed by atoms with E-state index >= 15 is 0 Å². The predicted octanol–water partition coefficient (Wildman–Crippen LogP) is 2.99. The number of hydrogen-bond acceptors (Lipinski definition) is 2. The standard InChI is InChI=1S/C15H15BrN2O2/c16-12-5-2-1-4-11(12)14-10-18(8-9-20-14)15(19)13-6-3-7-17-13/h1-7,14,17H,8-10H2/t14-/m0/s1. The molecule has 5 heteroatoms. The van der Waals surface area contributed by atoms with Gasteiger partial charge in [0.05, 0.1) is 13.2 Å². The molecule has 0 radical (unpaired) electrons. The maximum Gasteiger partial charge on any atom is 0.270 e. The van der Waals surface area contributed by atoms with Gasteiger partial charge in [0.25, 0.3) is 5.91 Å². The van der Waals surface area contributed by atoms with Crippen molar-refractivity contribution in [2.45, 2.75) is 6.10 Å². The zero-order valence-corrected chi connectivity index (χ0v) is 12.5. The molecular weight excluding hydrogens is 320 g/mol. The van der Waals surface area contributed by atoms with Gasteiger partial charge in [-0.2, -0.15) is 0 Å². The quantitative estimate of drug-likeness (QED) is 0.917. The number of nitrogens with one attached hydrogen (secondary N) is 1. The van der Waals surface area contributed by atoms with Crippen LogP contribution in [-0.2, 0) is 4.74 Å². The predicted molar refractivity (Wildman–Crippen MR) is 79.5 cm³/mol. The molecule has 0 aliphatic carbocycles. The molecule has 1 aromatic heterocycles. The molecule has 0 saturated carbocycles. The van der Waals surface area contributed by atoms with Crippen LogP contribution in [0.25, 0.3) is 0 Å². The third-order valence-electron chi connectivity index (χ3n) is 3.43. The molecule has 1 N–H and O–H groups in total. The Hall–Kier alpha value is -1.59. The monoisotopic (exact) mass is 334 g/mol. The van der Waals surface area contributed by atoms with Crippen molar-refractivity contribution in [1.29, 1.82) is 0 Å². The Labute approximate surface area is 125 Å². The van der Waals surface area contributed by atoms with Gasteiger partial charge in [-0.05, 0) is 23.8 Å². The maximum absolute atomic E-state index is 12.4. The second kappa shape index (κ2) is 5.81. The number of aromatic nitrogens is 1. The van der Waals surface area contributed by atoms with E-state index in [0.29, 0.717) is 25.4 Å². The number of nitrogens with zero attached hydrogens (tertiary/aromatic N) is 1. The van der Waals surface area contributed by atoms with Gasteiger partial charge >= 0.3 is 0 Å². The number of aromatic amines is 1. The van der Waals surface area contributed by atoms with Crippen molar-refractivity contribution in [3.63, 3.8) is 0 Å². The zero-order chi connectivity index (χ0) is 13.9. The lowest BCUT2D eigenvalue weighted by molar-refractivity contribution is -0.0233. The van der Waals surface area contributed by atoms with Crippen LogP contribution in [0.15, 0.2) is 47.1 Å².